The number of nitrogens with one attached hydrogen (secondary N) is 1. The van der Waals surface area contributed by atoms with Gasteiger partial charge in [-0.15, -0.1) is 0 Å². The highest BCUT2D eigenvalue weighted by molar-refractivity contribution is 9.10. The van der Waals surface area contributed by atoms with E-state index >= 15 is 0 Å². The van der Waals surface area contributed by atoms with Crippen LogP contribution in [-0.4, -0.2) is 22.5 Å². The maximum absolute atomic E-state index is 4.41. The van der Waals surface area contributed by atoms with Crippen molar-refractivity contribution >= 4 is 33.5 Å². The molecule has 16 heavy (non-hydrogen) atoms. The molecule has 0 amide bonds. The van der Waals surface area contributed by atoms with Gasteiger partial charge in [-0.1, -0.05) is 6.07 Å². The van der Waals surface area contributed by atoms with Gasteiger partial charge in [0.05, 0.1) is 0 Å². The molecular formula is C12H17BrN2S. The lowest BCUT2D eigenvalue weighted by Gasteiger charge is -2.28. The quantitative estimate of drug-likeness (QED) is 0.856. The molecule has 0 bridgehead atoms. The lowest BCUT2D eigenvalue weighted by Crippen LogP contribution is -2.27. The smallest absolute Gasteiger partial charge is 0.127 e. The number of pyridine rings is 1. The Morgan fingerprint density at radius 3 is 2.69 bits per heavy atom. The molecule has 1 aromatic heterocycles. The number of hydrogen-bond acceptors (Lipinski definition) is 3. The zero-order valence-electron chi connectivity index (χ0n) is 9.45. The van der Waals surface area contributed by atoms with Crippen LogP contribution in [0.25, 0.3) is 0 Å². The zero-order valence-corrected chi connectivity index (χ0v) is 11.9. The molecule has 4 heteroatoms. The van der Waals surface area contributed by atoms with Crippen molar-refractivity contribution in [3.05, 3.63) is 22.8 Å². The van der Waals surface area contributed by atoms with E-state index in [0.29, 0.717) is 6.04 Å². The molecule has 1 aromatic rings. The second kappa shape index (κ2) is 5.92. The summed E-state index contributed by atoms with van der Waals surface area (Å²) in [6.45, 7) is 0. The molecule has 0 aliphatic heterocycles. The minimum atomic E-state index is 0.602. The molecule has 0 atom stereocenters. The summed E-state index contributed by atoms with van der Waals surface area (Å²) in [7, 11) is 0. The fourth-order valence-corrected chi connectivity index (χ4v) is 3.23. The molecule has 0 radical (unpaired) electrons. The summed E-state index contributed by atoms with van der Waals surface area (Å²) in [5.74, 6) is 0.988. The molecule has 1 heterocycles. The summed E-state index contributed by atoms with van der Waals surface area (Å²) in [6, 6.07) is 6.61. The van der Waals surface area contributed by atoms with Crippen LogP contribution in [0.3, 0.4) is 0 Å². The Bertz CT molecular complexity index is 338. The second-order valence-electron chi connectivity index (χ2n) is 4.20. The Morgan fingerprint density at radius 2 is 2.06 bits per heavy atom. The molecule has 0 unspecified atom stereocenters. The van der Waals surface area contributed by atoms with E-state index < -0.39 is 0 Å². The molecule has 2 rings (SSSR count). The van der Waals surface area contributed by atoms with Crippen LogP contribution >= 0.6 is 27.7 Å². The Balaban J connectivity index is 1.87. The molecule has 2 nitrogen and oxygen atoms in total. The van der Waals surface area contributed by atoms with E-state index in [-0.39, 0.29) is 0 Å². The molecule has 0 spiro atoms. The molecule has 1 fully saturated rings. The number of nitrogens with zero attached hydrogens (tertiary/aromatic N) is 1. The summed E-state index contributed by atoms with van der Waals surface area (Å²) >= 11 is 5.40. The largest absolute Gasteiger partial charge is 0.367 e. The summed E-state index contributed by atoms with van der Waals surface area (Å²) in [6.07, 6.45) is 7.40. The Morgan fingerprint density at radius 1 is 1.31 bits per heavy atom. The lowest BCUT2D eigenvalue weighted by atomic mass is 9.95. The maximum atomic E-state index is 4.41. The van der Waals surface area contributed by atoms with E-state index in [0.717, 1.165) is 15.7 Å². The van der Waals surface area contributed by atoms with Gasteiger partial charge in [0.2, 0.25) is 0 Å². The van der Waals surface area contributed by atoms with Crippen LogP contribution in [0.2, 0.25) is 0 Å². The van der Waals surface area contributed by atoms with Gasteiger partial charge in [0.1, 0.15) is 10.4 Å². The standard InChI is InChI=1S/C12H17BrN2S/c1-16-10-7-5-9(6-8-10)14-12-4-2-3-11(13)15-12/h2-4,9-10H,5-8H2,1H3,(H,14,15). The predicted molar refractivity (Wildman–Crippen MR) is 75.1 cm³/mol. The molecule has 1 N–H and O–H groups in total. The van der Waals surface area contributed by atoms with Crippen LogP contribution in [-0.2, 0) is 0 Å². The van der Waals surface area contributed by atoms with Crippen LogP contribution in [0.1, 0.15) is 25.7 Å². The van der Waals surface area contributed by atoms with E-state index in [1.54, 1.807) is 0 Å². The van der Waals surface area contributed by atoms with Gasteiger partial charge in [-0.05, 0) is 60.0 Å². The van der Waals surface area contributed by atoms with Gasteiger partial charge < -0.3 is 5.32 Å². The maximum Gasteiger partial charge on any atom is 0.127 e. The highest BCUT2D eigenvalue weighted by Gasteiger charge is 2.20. The van der Waals surface area contributed by atoms with E-state index in [4.69, 9.17) is 0 Å². The van der Waals surface area contributed by atoms with Crippen molar-refractivity contribution in [1.29, 1.82) is 0 Å². The second-order valence-corrected chi connectivity index (χ2v) is 6.15. The average molecular weight is 301 g/mol. The highest BCUT2D eigenvalue weighted by Crippen LogP contribution is 2.28. The van der Waals surface area contributed by atoms with Crippen molar-refractivity contribution in [2.45, 2.75) is 37.0 Å². The zero-order chi connectivity index (χ0) is 11.4. The van der Waals surface area contributed by atoms with Crippen molar-refractivity contribution in [3.63, 3.8) is 0 Å². The van der Waals surface area contributed by atoms with E-state index in [1.807, 2.05) is 30.0 Å². The molecule has 1 saturated carbocycles. The van der Waals surface area contributed by atoms with E-state index in [2.05, 4.69) is 32.5 Å². The fourth-order valence-electron chi connectivity index (χ4n) is 2.14. The third-order valence-corrected chi connectivity index (χ3v) is 4.65. The molecule has 1 aliphatic rings. The fraction of sp³-hybridized carbons (Fsp3) is 0.583. The molecule has 1 aliphatic carbocycles. The molecule has 88 valence electrons. The minimum Gasteiger partial charge on any atom is -0.367 e. The summed E-state index contributed by atoms with van der Waals surface area (Å²) < 4.78 is 0.898. The monoisotopic (exact) mass is 300 g/mol. The topological polar surface area (TPSA) is 24.9 Å². The SMILES string of the molecule is CSC1CCC(Nc2cccc(Br)n2)CC1. The molecular weight excluding hydrogens is 284 g/mol. The number of rotatable bonds is 3. The number of hydrogen-bond donors (Lipinski definition) is 1. The first kappa shape index (κ1) is 12.2. The van der Waals surface area contributed by atoms with Crippen molar-refractivity contribution in [3.8, 4) is 0 Å². The first-order valence-corrected chi connectivity index (χ1v) is 7.78. The Labute approximate surface area is 110 Å². The predicted octanol–water partition coefficient (Wildman–Crippen LogP) is 3.93. The van der Waals surface area contributed by atoms with Crippen LogP contribution in [0.15, 0.2) is 22.8 Å². The third-order valence-electron chi connectivity index (χ3n) is 3.07. The van der Waals surface area contributed by atoms with Crippen molar-refractivity contribution < 1.29 is 0 Å². The van der Waals surface area contributed by atoms with Gasteiger partial charge in [0.25, 0.3) is 0 Å². The first-order valence-electron chi connectivity index (χ1n) is 5.70. The van der Waals surface area contributed by atoms with Crippen molar-refractivity contribution in [2.24, 2.45) is 0 Å². The average Bonchev–Trinajstić information content (AvgIpc) is 2.30. The van der Waals surface area contributed by atoms with Gasteiger partial charge in [0, 0.05) is 11.3 Å². The third kappa shape index (κ3) is 3.39. The van der Waals surface area contributed by atoms with Gasteiger partial charge in [-0.3, -0.25) is 0 Å². The summed E-state index contributed by atoms with van der Waals surface area (Å²) in [5, 5.41) is 4.38. The van der Waals surface area contributed by atoms with Gasteiger partial charge in [-0.2, -0.15) is 11.8 Å². The van der Waals surface area contributed by atoms with E-state index in [9.17, 15) is 0 Å². The molecule has 0 saturated heterocycles. The van der Waals surface area contributed by atoms with Gasteiger partial charge in [0.15, 0.2) is 0 Å². The van der Waals surface area contributed by atoms with Crippen LogP contribution in [0.4, 0.5) is 5.82 Å². The normalized spacial score (nSPS) is 25.4. The minimum absolute atomic E-state index is 0.602. The van der Waals surface area contributed by atoms with Crippen molar-refractivity contribution in [1.82, 2.24) is 4.98 Å². The summed E-state index contributed by atoms with van der Waals surface area (Å²) in [5.41, 5.74) is 0. The Hall–Kier alpha value is -0.220. The van der Waals surface area contributed by atoms with Crippen LogP contribution in [0, 0.1) is 0 Å². The number of halogens is 1. The molecule has 0 aromatic carbocycles. The number of thioether (sulfide) groups is 1. The van der Waals surface area contributed by atoms with E-state index in [1.165, 1.54) is 25.7 Å². The number of aromatic nitrogens is 1. The van der Waals surface area contributed by atoms with Crippen LogP contribution < -0.4 is 5.32 Å². The highest BCUT2D eigenvalue weighted by atomic mass is 79.9. The van der Waals surface area contributed by atoms with Crippen molar-refractivity contribution in [2.75, 3.05) is 11.6 Å². The first-order chi connectivity index (χ1) is 7.78. The lowest BCUT2D eigenvalue weighted by molar-refractivity contribution is 0.472. The Kier molecular flexibility index (Phi) is 4.53. The van der Waals surface area contributed by atoms with Gasteiger partial charge >= 0.3 is 0 Å². The number of anilines is 1. The summed E-state index contributed by atoms with van der Waals surface area (Å²) in [4.78, 5) is 4.41. The van der Waals surface area contributed by atoms with Gasteiger partial charge in [-0.25, -0.2) is 4.98 Å². The van der Waals surface area contributed by atoms with Crippen LogP contribution in [0.5, 0.6) is 0 Å².